The molecule has 0 saturated heterocycles. The van der Waals surface area contributed by atoms with Crippen LogP contribution < -0.4 is 11.1 Å². The largest absolute Gasteiger partial charge is 0.388 e. The van der Waals surface area contributed by atoms with Crippen molar-refractivity contribution in [2.24, 2.45) is 5.73 Å². The third-order valence-electron chi connectivity index (χ3n) is 3.04. The van der Waals surface area contributed by atoms with Crippen LogP contribution in [-0.4, -0.2) is 20.5 Å². The molecule has 5 heteroatoms. The maximum Gasteiger partial charge on any atom is 0.144 e. The normalized spacial score (nSPS) is 18.3. The van der Waals surface area contributed by atoms with E-state index in [1.54, 1.807) is 12.4 Å². The van der Waals surface area contributed by atoms with Crippen LogP contribution in [0.3, 0.4) is 0 Å². The monoisotopic (exact) mass is 236 g/mol. The molecular weight excluding hydrogens is 220 g/mol. The van der Waals surface area contributed by atoms with Crippen molar-refractivity contribution >= 4 is 23.0 Å². The van der Waals surface area contributed by atoms with Crippen LogP contribution in [0.1, 0.15) is 38.3 Å². The van der Waals surface area contributed by atoms with E-state index in [0.29, 0.717) is 5.69 Å². The molecule has 1 heterocycles. The standard InChI is InChI=1S/C11H16N4S/c1-11(4-2-3-5-11)15-9-7-13-8(6-14-9)10(12)16/h6-7H,2-5H2,1H3,(H2,12,16)(H,14,15). The molecule has 2 rings (SSSR count). The fourth-order valence-corrected chi connectivity index (χ4v) is 2.21. The summed E-state index contributed by atoms with van der Waals surface area (Å²) in [4.78, 5) is 8.71. The number of thiocarbonyl (C=S) groups is 1. The number of hydrogen-bond acceptors (Lipinski definition) is 4. The summed E-state index contributed by atoms with van der Waals surface area (Å²) in [6, 6.07) is 0. The summed E-state index contributed by atoms with van der Waals surface area (Å²) in [6.45, 7) is 2.23. The summed E-state index contributed by atoms with van der Waals surface area (Å²) in [7, 11) is 0. The second-order valence-corrected chi connectivity index (χ2v) is 4.98. The van der Waals surface area contributed by atoms with Crippen molar-refractivity contribution in [3.05, 3.63) is 18.1 Å². The van der Waals surface area contributed by atoms with Crippen LogP contribution in [0.5, 0.6) is 0 Å². The molecule has 0 bridgehead atoms. The smallest absolute Gasteiger partial charge is 0.144 e. The number of rotatable bonds is 3. The van der Waals surface area contributed by atoms with Gasteiger partial charge in [-0.25, -0.2) is 9.97 Å². The van der Waals surface area contributed by atoms with E-state index in [0.717, 1.165) is 5.82 Å². The van der Waals surface area contributed by atoms with E-state index in [-0.39, 0.29) is 10.5 Å². The fraction of sp³-hybridized carbons (Fsp3) is 0.545. The Morgan fingerprint density at radius 2 is 2.06 bits per heavy atom. The van der Waals surface area contributed by atoms with Crippen LogP contribution in [0.25, 0.3) is 0 Å². The highest BCUT2D eigenvalue weighted by molar-refractivity contribution is 7.80. The highest BCUT2D eigenvalue weighted by atomic mass is 32.1. The molecule has 0 spiro atoms. The average Bonchev–Trinajstić information content (AvgIpc) is 2.65. The molecule has 0 radical (unpaired) electrons. The number of hydrogen-bond donors (Lipinski definition) is 2. The van der Waals surface area contributed by atoms with Crippen LogP contribution in [0.4, 0.5) is 5.82 Å². The number of nitrogens with two attached hydrogens (primary N) is 1. The first kappa shape index (κ1) is 11.3. The van der Waals surface area contributed by atoms with Crippen LogP contribution in [0, 0.1) is 0 Å². The van der Waals surface area contributed by atoms with Crippen molar-refractivity contribution in [2.45, 2.75) is 38.1 Å². The lowest BCUT2D eigenvalue weighted by Crippen LogP contribution is -2.31. The Bertz CT molecular complexity index is 381. The molecular formula is C11H16N4S. The zero-order chi connectivity index (χ0) is 11.6. The highest BCUT2D eigenvalue weighted by Crippen LogP contribution is 2.31. The molecule has 0 atom stereocenters. The van der Waals surface area contributed by atoms with Crippen LogP contribution in [0.2, 0.25) is 0 Å². The van der Waals surface area contributed by atoms with E-state index < -0.39 is 0 Å². The van der Waals surface area contributed by atoms with Crippen molar-refractivity contribution in [3.8, 4) is 0 Å². The Hall–Kier alpha value is -1.23. The van der Waals surface area contributed by atoms with Crippen LogP contribution in [-0.2, 0) is 0 Å². The van der Waals surface area contributed by atoms with E-state index in [1.165, 1.54) is 25.7 Å². The molecule has 0 amide bonds. The first-order chi connectivity index (χ1) is 7.59. The van der Waals surface area contributed by atoms with E-state index >= 15 is 0 Å². The van der Waals surface area contributed by atoms with Crippen molar-refractivity contribution in [2.75, 3.05) is 5.32 Å². The van der Waals surface area contributed by atoms with Gasteiger partial charge in [-0.05, 0) is 19.8 Å². The number of anilines is 1. The zero-order valence-electron chi connectivity index (χ0n) is 9.36. The molecule has 1 fully saturated rings. The van der Waals surface area contributed by atoms with E-state index in [1.807, 2.05) is 0 Å². The maximum absolute atomic E-state index is 5.46. The van der Waals surface area contributed by atoms with Gasteiger partial charge in [0.05, 0.1) is 12.4 Å². The molecule has 1 aromatic heterocycles. The minimum Gasteiger partial charge on any atom is -0.388 e. The molecule has 1 aliphatic rings. The van der Waals surface area contributed by atoms with E-state index in [4.69, 9.17) is 18.0 Å². The third kappa shape index (κ3) is 2.47. The van der Waals surface area contributed by atoms with Gasteiger partial charge in [0, 0.05) is 5.54 Å². The first-order valence-electron chi connectivity index (χ1n) is 5.49. The topological polar surface area (TPSA) is 63.8 Å². The Kier molecular flexibility index (Phi) is 3.05. The fourth-order valence-electron chi connectivity index (χ4n) is 2.11. The minimum atomic E-state index is 0.166. The maximum atomic E-state index is 5.46. The summed E-state index contributed by atoms with van der Waals surface area (Å²) >= 11 is 4.83. The van der Waals surface area contributed by atoms with Gasteiger partial charge in [0.15, 0.2) is 0 Å². The second kappa shape index (κ2) is 4.33. The van der Waals surface area contributed by atoms with Gasteiger partial charge in [-0.3, -0.25) is 0 Å². The van der Waals surface area contributed by atoms with Gasteiger partial charge >= 0.3 is 0 Å². The molecule has 4 nitrogen and oxygen atoms in total. The van der Waals surface area contributed by atoms with Gasteiger partial charge in [-0.15, -0.1) is 0 Å². The van der Waals surface area contributed by atoms with Gasteiger partial charge in [0.1, 0.15) is 16.5 Å². The van der Waals surface area contributed by atoms with Crippen molar-refractivity contribution in [1.82, 2.24) is 9.97 Å². The summed E-state index contributed by atoms with van der Waals surface area (Å²) in [6.07, 6.45) is 8.24. The molecule has 0 unspecified atom stereocenters. The Balaban J connectivity index is 2.07. The van der Waals surface area contributed by atoms with Crippen molar-refractivity contribution in [1.29, 1.82) is 0 Å². The van der Waals surface area contributed by atoms with Crippen LogP contribution >= 0.6 is 12.2 Å². The molecule has 0 aliphatic heterocycles. The lowest BCUT2D eigenvalue weighted by atomic mass is 10.0. The summed E-state index contributed by atoms with van der Waals surface area (Å²) in [5, 5.41) is 3.43. The molecule has 1 aliphatic carbocycles. The average molecular weight is 236 g/mol. The van der Waals surface area contributed by atoms with Crippen LogP contribution in [0.15, 0.2) is 12.4 Å². The Morgan fingerprint density at radius 1 is 1.38 bits per heavy atom. The van der Waals surface area contributed by atoms with Crippen molar-refractivity contribution < 1.29 is 0 Å². The lowest BCUT2D eigenvalue weighted by molar-refractivity contribution is 0.530. The summed E-state index contributed by atoms with van der Waals surface area (Å²) < 4.78 is 0. The van der Waals surface area contributed by atoms with Gasteiger partial charge in [0.2, 0.25) is 0 Å². The number of nitrogens with one attached hydrogen (secondary N) is 1. The van der Waals surface area contributed by atoms with Gasteiger partial charge in [-0.2, -0.15) is 0 Å². The second-order valence-electron chi connectivity index (χ2n) is 4.54. The number of nitrogens with zero attached hydrogens (tertiary/aromatic N) is 2. The van der Waals surface area contributed by atoms with Gasteiger partial charge in [-0.1, -0.05) is 25.1 Å². The quantitative estimate of drug-likeness (QED) is 0.784. The SMILES string of the molecule is CC1(Nc2cnc(C(N)=S)cn2)CCCC1. The summed E-state index contributed by atoms with van der Waals surface area (Å²) in [5.41, 5.74) is 6.19. The molecule has 16 heavy (non-hydrogen) atoms. The first-order valence-corrected chi connectivity index (χ1v) is 5.90. The summed E-state index contributed by atoms with van der Waals surface area (Å²) in [5.74, 6) is 0.796. The highest BCUT2D eigenvalue weighted by Gasteiger charge is 2.28. The molecule has 3 N–H and O–H groups in total. The number of aromatic nitrogens is 2. The zero-order valence-corrected chi connectivity index (χ0v) is 10.2. The predicted molar refractivity (Wildman–Crippen MR) is 68.4 cm³/mol. The predicted octanol–water partition coefficient (Wildman–Crippen LogP) is 1.86. The molecule has 86 valence electrons. The third-order valence-corrected chi connectivity index (χ3v) is 3.25. The van der Waals surface area contributed by atoms with E-state index in [2.05, 4.69) is 22.2 Å². The Labute approximate surface area is 101 Å². The van der Waals surface area contributed by atoms with Gasteiger partial charge < -0.3 is 11.1 Å². The Morgan fingerprint density at radius 3 is 2.56 bits per heavy atom. The van der Waals surface area contributed by atoms with Crippen molar-refractivity contribution in [3.63, 3.8) is 0 Å². The molecule has 1 aromatic rings. The lowest BCUT2D eigenvalue weighted by Gasteiger charge is -2.25. The van der Waals surface area contributed by atoms with Gasteiger partial charge in [0.25, 0.3) is 0 Å². The minimum absolute atomic E-state index is 0.166. The molecule has 0 aromatic carbocycles. The van der Waals surface area contributed by atoms with E-state index in [9.17, 15) is 0 Å². The molecule has 1 saturated carbocycles.